The summed E-state index contributed by atoms with van der Waals surface area (Å²) in [6.45, 7) is 5.70. The molecule has 1 aromatic heterocycles. The Morgan fingerprint density at radius 3 is 2.05 bits per heavy atom. The van der Waals surface area contributed by atoms with Crippen LogP contribution in [0.25, 0.3) is 22.3 Å². The predicted molar refractivity (Wildman–Crippen MR) is 160 cm³/mol. The van der Waals surface area contributed by atoms with Gasteiger partial charge in [-0.2, -0.15) is 0 Å². The van der Waals surface area contributed by atoms with E-state index in [0.29, 0.717) is 17.0 Å². The first kappa shape index (κ1) is 27.5. The van der Waals surface area contributed by atoms with Crippen LogP contribution >= 0.6 is 0 Å². The Hall–Kier alpha value is -5.10. The number of anilines is 1. The number of esters is 1. The normalized spacial score (nSPS) is 11.1. The number of rotatable bonds is 8. The third-order valence-electron chi connectivity index (χ3n) is 6.31. The number of benzene rings is 4. The molecule has 41 heavy (non-hydrogen) atoms. The zero-order valence-corrected chi connectivity index (χ0v) is 23.2. The summed E-state index contributed by atoms with van der Waals surface area (Å²) in [5.74, 6) is -0.534. The smallest absolute Gasteiger partial charge is 0.340 e. The Morgan fingerprint density at radius 1 is 0.732 bits per heavy atom. The third kappa shape index (κ3) is 6.92. The summed E-state index contributed by atoms with van der Waals surface area (Å²) in [7, 11) is 0. The minimum Gasteiger partial charge on any atom is -0.488 e. The fourth-order valence-corrected chi connectivity index (χ4v) is 4.33. The second kappa shape index (κ2) is 12.0. The Labute approximate surface area is 239 Å². The van der Waals surface area contributed by atoms with Crippen LogP contribution in [0.3, 0.4) is 0 Å². The second-order valence-electron chi connectivity index (χ2n) is 10.6. The Balaban J connectivity index is 1.50. The van der Waals surface area contributed by atoms with Gasteiger partial charge in [0.15, 0.2) is 0 Å². The van der Waals surface area contributed by atoms with Crippen LogP contribution in [-0.4, -0.2) is 17.5 Å². The van der Waals surface area contributed by atoms with Crippen molar-refractivity contribution in [3.05, 3.63) is 132 Å². The summed E-state index contributed by atoms with van der Waals surface area (Å²) in [4.78, 5) is 26.9. The van der Waals surface area contributed by atoms with Crippen LogP contribution in [0, 0.1) is 0 Å². The number of hydrogen-bond donors (Lipinski definition) is 1. The van der Waals surface area contributed by atoms with Crippen molar-refractivity contribution < 1.29 is 23.5 Å². The number of hydrogen-bond acceptors (Lipinski definition) is 5. The molecule has 0 unspecified atom stereocenters. The summed E-state index contributed by atoms with van der Waals surface area (Å²) >= 11 is 0. The number of ether oxygens (including phenoxy) is 2. The molecule has 6 nitrogen and oxygen atoms in total. The van der Waals surface area contributed by atoms with Gasteiger partial charge in [-0.25, -0.2) is 4.79 Å². The van der Waals surface area contributed by atoms with E-state index in [1.807, 2.05) is 84.9 Å². The minimum absolute atomic E-state index is 0.259. The van der Waals surface area contributed by atoms with Crippen molar-refractivity contribution >= 4 is 17.6 Å². The van der Waals surface area contributed by atoms with Gasteiger partial charge in [0.25, 0.3) is 5.91 Å². The quantitative estimate of drug-likeness (QED) is 0.198. The first-order chi connectivity index (χ1) is 19.8. The molecule has 0 aliphatic rings. The van der Waals surface area contributed by atoms with Gasteiger partial charge in [0.2, 0.25) is 0 Å². The first-order valence-corrected chi connectivity index (χ1v) is 13.3. The Kier molecular flexibility index (Phi) is 8.01. The zero-order valence-electron chi connectivity index (χ0n) is 23.2. The molecule has 206 valence electrons. The molecule has 6 heteroatoms. The lowest BCUT2D eigenvalue weighted by molar-refractivity contribution is 0.00707. The molecule has 0 bridgehead atoms. The minimum atomic E-state index is -0.697. The van der Waals surface area contributed by atoms with E-state index in [1.54, 1.807) is 51.5 Å². The second-order valence-corrected chi connectivity index (χ2v) is 10.6. The molecule has 5 rings (SSSR count). The van der Waals surface area contributed by atoms with E-state index in [4.69, 9.17) is 13.9 Å². The third-order valence-corrected chi connectivity index (χ3v) is 6.31. The summed E-state index contributed by atoms with van der Waals surface area (Å²) in [5, 5.41) is 2.96. The van der Waals surface area contributed by atoms with Crippen molar-refractivity contribution in [3.8, 4) is 28.0 Å². The molecule has 0 radical (unpaired) electrons. The van der Waals surface area contributed by atoms with Crippen molar-refractivity contribution in [1.82, 2.24) is 0 Å². The van der Waals surface area contributed by atoms with Crippen molar-refractivity contribution in [2.24, 2.45) is 0 Å². The first-order valence-electron chi connectivity index (χ1n) is 13.3. The SMILES string of the molecule is CC(C)(C)OC(=O)c1ccc(-c2ccccc2)cc1NC(=O)c1ccc(-c2ccoc2)cc1OCc1ccccc1. The lowest BCUT2D eigenvalue weighted by Gasteiger charge is -2.21. The highest BCUT2D eigenvalue weighted by molar-refractivity contribution is 6.10. The van der Waals surface area contributed by atoms with Crippen LogP contribution in [0.2, 0.25) is 0 Å². The number of nitrogens with one attached hydrogen (secondary N) is 1. The van der Waals surface area contributed by atoms with Gasteiger partial charge in [-0.3, -0.25) is 4.79 Å². The van der Waals surface area contributed by atoms with Gasteiger partial charge in [0.05, 0.1) is 29.3 Å². The van der Waals surface area contributed by atoms with Crippen LogP contribution in [0.15, 0.2) is 120 Å². The van der Waals surface area contributed by atoms with E-state index in [9.17, 15) is 9.59 Å². The highest BCUT2D eigenvalue weighted by Crippen LogP contribution is 2.31. The lowest BCUT2D eigenvalue weighted by atomic mass is 10.0. The van der Waals surface area contributed by atoms with Crippen LogP contribution in [0.5, 0.6) is 5.75 Å². The Bertz CT molecular complexity index is 1640. The monoisotopic (exact) mass is 545 g/mol. The van der Waals surface area contributed by atoms with Gasteiger partial charge in [0.1, 0.15) is 18.0 Å². The number of carbonyl (C=O) groups excluding carboxylic acids is 2. The van der Waals surface area contributed by atoms with E-state index in [-0.39, 0.29) is 12.2 Å². The molecule has 0 spiro atoms. The molecule has 1 amide bonds. The van der Waals surface area contributed by atoms with E-state index in [1.165, 1.54) is 0 Å². The largest absolute Gasteiger partial charge is 0.488 e. The maximum Gasteiger partial charge on any atom is 0.340 e. The van der Waals surface area contributed by atoms with Crippen LogP contribution < -0.4 is 10.1 Å². The average molecular weight is 546 g/mol. The maximum absolute atomic E-state index is 13.8. The van der Waals surface area contributed by atoms with Crippen LogP contribution in [-0.2, 0) is 11.3 Å². The summed E-state index contributed by atoms with van der Waals surface area (Å²) in [6, 6.07) is 32.0. The molecular weight excluding hydrogens is 514 g/mol. The van der Waals surface area contributed by atoms with Gasteiger partial charge in [-0.15, -0.1) is 0 Å². The molecule has 0 saturated carbocycles. The fourth-order valence-electron chi connectivity index (χ4n) is 4.33. The highest BCUT2D eigenvalue weighted by Gasteiger charge is 2.23. The van der Waals surface area contributed by atoms with Gasteiger partial charge in [-0.1, -0.05) is 72.8 Å². The van der Waals surface area contributed by atoms with Crippen molar-refractivity contribution in [1.29, 1.82) is 0 Å². The molecule has 4 aromatic carbocycles. The lowest BCUT2D eigenvalue weighted by Crippen LogP contribution is -2.25. The maximum atomic E-state index is 13.8. The van der Waals surface area contributed by atoms with E-state index < -0.39 is 17.5 Å². The molecule has 0 aliphatic carbocycles. The topological polar surface area (TPSA) is 77.8 Å². The zero-order chi connectivity index (χ0) is 28.8. The molecule has 1 N–H and O–H groups in total. The van der Waals surface area contributed by atoms with Crippen LogP contribution in [0.1, 0.15) is 47.1 Å². The molecule has 0 atom stereocenters. The van der Waals surface area contributed by atoms with Crippen molar-refractivity contribution in [2.75, 3.05) is 5.32 Å². The molecule has 0 aliphatic heterocycles. The summed E-state index contributed by atoms with van der Waals surface area (Å²) in [6.07, 6.45) is 3.23. The van der Waals surface area contributed by atoms with Crippen molar-refractivity contribution in [3.63, 3.8) is 0 Å². The molecule has 1 heterocycles. The standard InChI is InChI=1S/C35H31NO5/c1-35(2,3)41-34(38)29-16-14-26(25-12-8-5-9-13-25)20-31(29)36-33(37)30-17-15-27(28-18-19-39-23-28)21-32(30)40-22-24-10-6-4-7-11-24/h4-21,23H,22H2,1-3H3,(H,36,37). The van der Waals surface area contributed by atoms with Gasteiger partial charge < -0.3 is 19.2 Å². The number of amides is 1. The summed E-state index contributed by atoms with van der Waals surface area (Å²) < 4.78 is 17.1. The number of carbonyl (C=O) groups is 2. The molecule has 0 saturated heterocycles. The molecule has 5 aromatic rings. The Morgan fingerprint density at radius 2 is 1.39 bits per heavy atom. The van der Waals surface area contributed by atoms with E-state index in [0.717, 1.165) is 27.8 Å². The molecule has 0 fully saturated rings. The van der Waals surface area contributed by atoms with Gasteiger partial charge >= 0.3 is 5.97 Å². The van der Waals surface area contributed by atoms with Gasteiger partial charge in [-0.05, 0) is 73.4 Å². The average Bonchev–Trinajstić information content (AvgIpc) is 3.51. The molecular formula is C35H31NO5. The van der Waals surface area contributed by atoms with Crippen molar-refractivity contribution in [2.45, 2.75) is 33.0 Å². The predicted octanol–water partition coefficient (Wildman–Crippen LogP) is 8.40. The van der Waals surface area contributed by atoms with E-state index >= 15 is 0 Å². The van der Waals surface area contributed by atoms with Gasteiger partial charge in [0, 0.05) is 5.56 Å². The van der Waals surface area contributed by atoms with Crippen LogP contribution in [0.4, 0.5) is 5.69 Å². The fraction of sp³-hybridized carbons (Fsp3) is 0.143. The number of furan rings is 1. The van der Waals surface area contributed by atoms with E-state index in [2.05, 4.69) is 5.32 Å². The summed E-state index contributed by atoms with van der Waals surface area (Å²) in [5.41, 5.74) is 4.72. The highest BCUT2D eigenvalue weighted by atomic mass is 16.6.